The molecule has 2 aromatic heterocycles. The molecule has 0 aliphatic rings. The van der Waals surface area contributed by atoms with Gasteiger partial charge < -0.3 is 9.73 Å². The Morgan fingerprint density at radius 3 is 2.76 bits per heavy atom. The SMILES string of the molecule is CNC(Cc1ccn(C(C)C)n1)c1coc2ccccc12. The van der Waals surface area contributed by atoms with E-state index in [0.717, 1.165) is 17.7 Å². The van der Waals surface area contributed by atoms with Crippen LogP contribution in [0, 0.1) is 0 Å². The Morgan fingerprint density at radius 1 is 1.24 bits per heavy atom. The van der Waals surface area contributed by atoms with Crippen LogP contribution in [-0.4, -0.2) is 16.8 Å². The van der Waals surface area contributed by atoms with Gasteiger partial charge in [-0.05, 0) is 33.0 Å². The average Bonchev–Trinajstić information content (AvgIpc) is 3.11. The van der Waals surface area contributed by atoms with Gasteiger partial charge in [0.2, 0.25) is 0 Å². The van der Waals surface area contributed by atoms with Crippen molar-refractivity contribution in [3.05, 3.63) is 54.0 Å². The predicted octanol–water partition coefficient (Wildman–Crippen LogP) is 3.71. The van der Waals surface area contributed by atoms with Crippen molar-refractivity contribution < 1.29 is 4.42 Å². The van der Waals surface area contributed by atoms with E-state index in [1.54, 1.807) is 0 Å². The van der Waals surface area contributed by atoms with Crippen LogP contribution in [0.5, 0.6) is 0 Å². The summed E-state index contributed by atoms with van der Waals surface area (Å²) in [5.41, 5.74) is 3.21. The second-order valence-electron chi connectivity index (χ2n) is 5.61. The Hall–Kier alpha value is -2.07. The third kappa shape index (κ3) is 2.72. The smallest absolute Gasteiger partial charge is 0.134 e. The first-order valence-electron chi connectivity index (χ1n) is 7.36. The van der Waals surface area contributed by atoms with E-state index in [2.05, 4.69) is 36.4 Å². The van der Waals surface area contributed by atoms with Crippen molar-refractivity contribution in [3.63, 3.8) is 0 Å². The van der Waals surface area contributed by atoms with Gasteiger partial charge >= 0.3 is 0 Å². The summed E-state index contributed by atoms with van der Waals surface area (Å²) in [6.07, 6.45) is 4.74. The van der Waals surface area contributed by atoms with E-state index in [1.165, 1.54) is 10.9 Å². The van der Waals surface area contributed by atoms with Crippen molar-refractivity contribution in [2.75, 3.05) is 7.05 Å². The summed E-state index contributed by atoms with van der Waals surface area (Å²) < 4.78 is 7.64. The maximum absolute atomic E-state index is 5.65. The molecule has 0 aliphatic carbocycles. The average molecular weight is 283 g/mol. The number of likely N-dealkylation sites (N-methyl/N-ethyl adjacent to an activating group) is 1. The summed E-state index contributed by atoms with van der Waals surface area (Å²) >= 11 is 0. The van der Waals surface area contributed by atoms with Crippen LogP contribution in [0.2, 0.25) is 0 Å². The second kappa shape index (κ2) is 5.74. The third-order valence-electron chi connectivity index (χ3n) is 3.84. The molecule has 1 unspecified atom stereocenters. The zero-order valence-corrected chi connectivity index (χ0v) is 12.7. The van der Waals surface area contributed by atoms with Gasteiger partial charge in [-0.25, -0.2) is 0 Å². The Labute approximate surface area is 124 Å². The highest BCUT2D eigenvalue weighted by Crippen LogP contribution is 2.28. The van der Waals surface area contributed by atoms with Crippen LogP contribution in [0.4, 0.5) is 0 Å². The molecular formula is C17H21N3O. The molecule has 0 saturated heterocycles. The Morgan fingerprint density at radius 2 is 2.05 bits per heavy atom. The van der Waals surface area contributed by atoms with Crippen molar-refractivity contribution in [1.29, 1.82) is 0 Å². The van der Waals surface area contributed by atoms with Crippen molar-refractivity contribution in [2.24, 2.45) is 0 Å². The number of rotatable bonds is 5. The lowest BCUT2D eigenvalue weighted by molar-refractivity contribution is 0.513. The minimum absolute atomic E-state index is 0.198. The van der Waals surface area contributed by atoms with Gasteiger partial charge in [-0.1, -0.05) is 18.2 Å². The number of nitrogens with one attached hydrogen (secondary N) is 1. The number of benzene rings is 1. The number of hydrogen-bond donors (Lipinski definition) is 1. The van der Waals surface area contributed by atoms with Gasteiger partial charge in [0, 0.05) is 35.7 Å². The van der Waals surface area contributed by atoms with Crippen LogP contribution in [0.1, 0.15) is 37.2 Å². The van der Waals surface area contributed by atoms with Gasteiger partial charge in [0.05, 0.1) is 12.0 Å². The zero-order valence-electron chi connectivity index (χ0n) is 12.7. The standard InChI is InChI=1S/C17H21N3O/c1-12(2)20-9-8-13(19-20)10-16(18-3)15-11-21-17-7-5-4-6-14(15)17/h4-9,11-12,16,18H,10H2,1-3H3. The molecule has 0 amide bonds. The van der Waals surface area contributed by atoms with Crippen LogP contribution in [0.25, 0.3) is 11.0 Å². The molecule has 1 atom stereocenters. The Balaban J connectivity index is 1.87. The van der Waals surface area contributed by atoms with Gasteiger partial charge in [0.15, 0.2) is 0 Å². The normalized spacial score (nSPS) is 13.1. The number of fused-ring (bicyclic) bond motifs is 1. The molecule has 2 heterocycles. The highest BCUT2D eigenvalue weighted by atomic mass is 16.3. The molecule has 0 spiro atoms. The van der Waals surface area contributed by atoms with Crippen molar-refractivity contribution in [3.8, 4) is 0 Å². The first-order valence-corrected chi connectivity index (χ1v) is 7.36. The lowest BCUT2D eigenvalue weighted by atomic mass is 10.0. The van der Waals surface area contributed by atoms with Gasteiger partial charge in [0.25, 0.3) is 0 Å². The Bertz CT molecular complexity index is 726. The van der Waals surface area contributed by atoms with E-state index in [1.807, 2.05) is 42.4 Å². The van der Waals surface area contributed by atoms with E-state index in [-0.39, 0.29) is 6.04 Å². The summed E-state index contributed by atoms with van der Waals surface area (Å²) in [7, 11) is 1.98. The first kappa shape index (κ1) is 13.9. The fourth-order valence-corrected chi connectivity index (χ4v) is 2.62. The van der Waals surface area contributed by atoms with Crippen molar-refractivity contribution >= 4 is 11.0 Å². The highest BCUT2D eigenvalue weighted by molar-refractivity contribution is 5.81. The van der Waals surface area contributed by atoms with Gasteiger partial charge in [-0.2, -0.15) is 5.10 Å². The first-order chi connectivity index (χ1) is 10.2. The van der Waals surface area contributed by atoms with E-state index in [4.69, 9.17) is 4.42 Å². The molecule has 0 saturated carbocycles. The number of hydrogen-bond acceptors (Lipinski definition) is 3. The monoisotopic (exact) mass is 283 g/mol. The molecule has 4 heteroatoms. The quantitative estimate of drug-likeness (QED) is 0.776. The predicted molar refractivity (Wildman–Crippen MR) is 84.3 cm³/mol. The summed E-state index contributed by atoms with van der Waals surface area (Å²) in [6, 6.07) is 10.8. The fraction of sp³-hybridized carbons (Fsp3) is 0.353. The number of furan rings is 1. The van der Waals surface area contributed by atoms with Gasteiger partial charge in [0.1, 0.15) is 5.58 Å². The van der Waals surface area contributed by atoms with Crippen LogP contribution in [0.15, 0.2) is 47.2 Å². The maximum atomic E-state index is 5.65. The second-order valence-corrected chi connectivity index (χ2v) is 5.61. The molecule has 4 nitrogen and oxygen atoms in total. The molecular weight excluding hydrogens is 262 g/mol. The summed E-state index contributed by atoms with van der Waals surface area (Å²) in [4.78, 5) is 0. The summed E-state index contributed by atoms with van der Waals surface area (Å²) in [6.45, 7) is 4.27. The molecule has 1 N–H and O–H groups in total. The largest absolute Gasteiger partial charge is 0.464 e. The Kier molecular flexibility index (Phi) is 3.80. The number of aromatic nitrogens is 2. The topological polar surface area (TPSA) is 43.0 Å². The molecule has 0 aliphatic heterocycles. The number of nitrogens with zero attached hydrogens (tertiary/aromatic N) is 2. The molecule has 110 valence electrons. The summed E-state index contributed by atoms with van der Waals surface area (Å²) in [5, 5.41) is 9.17. The van der Waals surface area contributed by atoms with Crippen LogP contribution < -0.4 is 5.32 Å². The maximum Gasteiger partial charge on any atom is 0.134 e. The lowest BCUT2D eigenvalue weighted by Crippen LogP contribution is -2.19. The molecule has 0 radical (unpaired) electrons. The fourth-order valence-electron chi connectivity index (χ4n) is 2.62. The van der Waals surface area contributed by atoms with Gasteiger partial charge in [-0.3, -0.25) is 4.68 Å². The molecule has 3 rings (SSSR count). The van der Waals surface area contributed by atoms with E-state index in [9.17, 15) is 0 Å². The van der Waals surface area contributed by atoms with Crippen LogP contribution in [0.3, 0.4) is 0 Å². The van der Waals surface area contributed by atoms with Crippen molar-refractivity contribution in [1.82, 2.24) is 15.1 Å². The third-order valence-corrected chi connectivity index (χ3v) is 3.84. The van der Waals surface area contributed by atoms with E-state index < -0.39 is 0 Å². The van der Waals surface area contributed by atoms with Crippen LogP contribution in [-0.2, 0) is 6.42 Å². The highest BCUT2D eigenvalue weighted by Gasteiger charge is 2.17. The minimum atomic E-state index is 0.198. The molecule has 0 bridgehead atoms. The minimum Gasteiger partial charge on any atom is -0.464 e. The van der Waals surface area contributed by atoms with Gasteiger partial charge in [-0.15, -0.1) is 0 Å². The van der Waals surface area contributed by atoms with E-state index in [0.29, 0.717) is 6.04 Å². The molecule has 1 aromatic carbocycles. The molecule has 3 aromatic rings. The number of para-hydroxylation sites is 1. The molecule has 0 fully saturated rings. The van der Waals surface area contributed by atoms with Crippen LogP contribution >= 0.6 is 0 Å². The van der Waals surface area contributed by atoms with E-state index >= 15 is 0 Å². The molecule has 21 heavy (non-hydrogen) atoms. The zero-order chi connectivity index (χ0) is 14.8. The van der Waals surface area contributed by atoms with Crippen molar-refractivity contribution in [2.45, 2.75) is 32.4 Å². The summed E-state index contributed by atoms with van der Waals surface area (Å²) in [5.74, 6) is 0. The lowest BCUT2D eigenvalue weighted by Gasteiger charge is -2.13.